The normalized spacial score (nSPS) is 12.5. The van der Waals surface area contributed by atoms with E-state index in [2.05, 4.69) is 5.32 Å². The maximum absolute atomic E-state index is 12.1. The summed E-state index contributed by atoms with van der Waals surface area (Å²) in [5.74, 6) is 2.94. The first-order valence-corrected chi connectivity index (χ1v) is 9.48. The molecule has 3 rings (SSSR count). The van der Waals surface area contributed by atoms with Crippen LogP contribution in [0.3, 0.4) is 0 Å². The number of hydrogen-bond acceptors (Lipinski definition) is 6. The van der Waals surface area contributed by atoms with Crippen LogP contribution in [-0.2, 0) is 4.79 Å². The third-order valence-corrected chi connectivity index (χ3v) is 4.63. The van der Waals surface area contributed by atoms with E-state index < -0.39 is 0 Å². The van der Waals surface area contributed by atoms with Crippen LogP contribution in [0.4, 0.5) is 5.69 Å². The zero-order valence-corrected chi connectivity index (χ0v) is 15.2. The Labute approximate surface area is 157 Å². The zero-order valence-electron chi connectivity index (χ0n) is 14.4. The number of carbonyl (C=O) groups excluding carboxylic acids is 1. The van der Waals surface area contributed by atoms with Crippen molar-refractivity contribution in [3.05, 3.63) is 42.5 Å². The van der Waals surface area contributed by atoms with Gasteiger partial charge in [-0.15, -0.1) is 11.8 Å². The number of rotatable bonds is 8. The number of carbonyl (C=O) groups is 1. The lowest BCUT2D eigenvalue weighted by Gasteiger charge is -2.18. The van der Waals surface area contributed by atoms with Crippen LogP contribution in [0, 0.1) is 0 Å². The van der Waals surface area contributed by atoms with E-state index in [1.165, 1.54) is 0 Å². The molecule has 138 valence electrons. The number of nitrogens with two attached hydrogens (primary N) is 1. The van der Waals surface area contributed by atoms with Gasteiger partial charge in [-0.25, -0.2) is 0 Å². The first-order valence-electron chi connectivity index (χ1n) is 8.50. The predicted molar refractivity (Wildman–Crippen MR) is 102 cm³/mol. The number of ether oxygens (including phenoxy) is 3. The second-order valence-corrected chi connectivity index (χ2v) is 6.78. The van der Waals surface area contributed by atoms with Gasteiger partial charge in [-0.05, 0) is 42.5 Å². The molecular weight excluding hydrogens is 352 g/mol. The summed E-state index contributed by atoms with van der Waals surface area (Å²) in [7, 11) is 0. The molecule has 6 nitrogen and oxygen atoms in total. The van der Waals surface area contributed by atoms with E-state index in [0.29, 0.717) is 38.5 Å². The second-order valence-electron chi connectivity index (χ2n) is 5.61. The van der Waals surface area contributed by atoms with Crippen molar-refractivity contribution < 1.29 is 19.0 Å². The lowest BCUT2D eigenvalue weighted by Crippen LogP contribution is -2.15. The Morgan fingerprint density at radius 3 is 2.65 bits per heavy atom. The molecule has 1 aliphatic rings. The summed E-state index contributed by atoms with van der Waals surface area (Å²) in [6, 6.07) is 13.1. The lowest BCUT2D eigenvalue weighted by atomic mass is 10.3. The number of amides is 1. The van der Waals surface area contributed by atoms with Gasteiger partial charge in [-0.1, -0.05) is 0 Å². The fourth-order valence-corrected chi connectivity index (χ4v) is 3.29. The average Bonchev–Trinajstić information content (AvgIpc) is 2.67. The quantitative estimate of drug-likeness (QED) is 0.692. The molecule has 3 N–H and O–H groups in total. The molecule has 0 aromatic heterocycles. The van der Waals surface area contributed by atoms with Crippen LogP contribution in [0.2, 0.25) is 0 Å². The Bertz CT molecular complexity index is 737. The average molecular weight is 374 g/mol. The van der Waals surface area contributed by atoms with Gasteiger partial charge >= 0.3 is 0 Å². The van der Waals surface area contributed by atoms with Crippen LogP contribution in [0.1, 0.15) is 6.42 Å². The van der Waals surface area contributed by atoms with E-state index in [0.717, 1.165) is 27.8 Å². The van der Waals surface area contributed by atoms with Crippen molar-refractivity contribution in [2.45, 2.75) is 11.3 Å². The fraction of sp³-hybridized carbons (Fsp3) is 0.316. The SMILES string of the molecule is NCCOc1ccc(NC(=O)CCSc2ccc3c(c2)OCCO3)cc1. The molecule has 26 heavy (non-hydrogen) atoms. The highest BCUT2D eigenvalue weighted by atomic mass is 32.2. The van der Waals surface area contributed by atoms with Crippen molar-refractivity contribution in [1.29, 1.82) is 0 Å². The standard InChI is InChI=1S/C19H22N2O4S/c20-8-9-23-15-3-1-14(2-4-15)21-19(22)7-12-26-16-5-6-17-18(13-16)25-11-10-24-17/h1-6,13H,7-12,20H2,(H,21,22). The molecule has 2 aromatic carbocycles. The van der Waals surface area contributed by atoms with Crippen molar-refractivity contribution in [1.82, 2.24) is 0 Å². The van der Waals surface area contributed by atoms with Crippen LogP contribution in [-0.4, -0.2) is 38.0 Å². The highest BCUT2D eigenvalue weighted by Gasteiger charge is 2.12. The summed E-state index contributed by atoms with van der Waals surface area (Å²) in [6.45, 7) is 2.10. The van der Waals surface area contributed by atoms with Crippen molar-refractivity contribution in [3.63, 3.8) is 0 Å². The summed E-state index contributed by atoms with van der Waals surface area (Å²) in [6.07, 6.45) is 0.421. The first kappa shape index (κ1) is 18.4. The molecule has 1 heterocycles. The molecule has 2 aromatic rings. The monoisotopic (exact) mass is 374 g/mol. The number of hydrogen-bond donors (Lipinski definition) is 2. The van der Waals surface area contributed by atoms with Gasteiger partial charge in [0.2, 0.25) is 5.91 Å². The molecule has 0 unspecified atom stereocenters. The van der Waals surface area contributed by atoms with Crippen molar-refractivity contribution in [2.24, 2.45) is 5.73 Å². The van der Waals surface area contributed by atoms with Crippen LogP contribution in [0.5, 0.6) is 17.2 Å². The van der Waals surface area contributed by atoms with E-state index in [1.807, 2.05) is 42.5 Å². The maximum atomic E-state index is 12.1. The minimum atomic E-state index is -0.0225. The van der Waals surface area contributed by atoms with Crippen LogP contribution in [0.15, 0.2) is 47.4 Å². The number of thioether (sulfide) groups is 1. The van der Waals surface area contributed by atoms with Crippen molar-refractivity contribution in [2.75, 3.05) is 37.4 Å². The van der Waals surface area contributed by atoms with Gasteiger partial charge in [-0.3, -0.25) is 4.79 Å². The van der Waals surface area contributed by atoms with Crippen molar-refractivity contribution >= 4 is 23.4 Å². The van der Waals surface area contributed by atoms with Crippen LogP contribution < -0.4 is 25.3 Å². The molecule has 1 aliphatic heterocycles. The van der Waals surface area contributed by atoms with Gasteiger partial charge in [0.1, 0.15) is 25.6 Å². The van der Waals surface area contributed by atoms with Crippen LogP contribution >= 0.6 is 11.8 Å². The van der Waals surface area contributed by atoms with Gasteiger partial charge in [-0.2, -0.15) is 0 Å². The molecule has 1 amide bonds. The minimum Gasteiger partial charge on any atom is -0.492 e. The number of fused-ring (bicyclic) bond motifs is 1. The maximum Gasteiger partial charge on any atom is 0.225 e. The fourth-order valence-electron chi connectivity index (χ4n) is 2.41. The van der Waals surface area contributed by atoms with Gasteiger partial charge in [0.15, 0.2) is 11.5 Å². The van der Waals surface area contributed by atoms with Gasteiger partial charge < -0.3 is 25.3 Å². The van der Waals surface area contributed by atoms with Crippen molar-refractivity contribution in [3.8, 4) is 17.2 Å². The number of nitrogens with one attached hydrogen (secondary N) is 1. The molecule has 0 radical (unpaired) electrons. The highest BCUT2D eigenvalue weighted by Crippen LogP contribution is 2.34. The first-order chi connectivity index (χ1) is 12.7. The largest absolute Gasteiger partial charge is 0.492 e. The zero-order chi connectivity index (χ0) is 18.2. The smallest absolute Gasteiger partial charge is 0.225 e. The third kappa shape index (κ3) is 5.31. The summed E-state index contributed by atoms with van der Waals surface area (Å²) in [4.78, 5) is 13.1. The molecule has 0 saturated carbocycles. The van der Waals surface area contributed by atoms with E-state index in [-0.39, 0.29) is 5.91 Å². The summed E-state index contributed by atoms with van der Waals surface area (Å²) in [5.41, 5.74) is 6.15. The van der Waals surface area contributed by atoms with Crippen LogP contribution in [0.25, 0.3) is 0 Å². The van der Waals surface area contributed by atoms with Gasteiger partial charge in [0.05, 0.1) is 0 Å². The Kier molecular flexibility index (Phi) is 6.62. The lowest BCUT2D eigenvalue weighted by molar-refractivity contribution is -0.115. The van der Waals surface area contributed by atoms with E-state index in [9.17, 15) is 4.79 Å². The summed E-state index contributed by atoms with van der Waals surface area (Å²) < 4.78 is 16.5. The molecule has 0 spiro atoms. The van der Waals surface area contributed by atoms with E-state index >= 15 is 0 Å². The Morgan fingerprint density at radius 2 is 1.88 bits per heavy atom. The number of benzene rings is 2. The second kappa shape index (κ2) is 9.35. The van der Waals surface area contributed by atoms with E-state index in [1.54, 1.807) is 11.8 Å². The molecular formula is C19H22N2O4S. The molecule has 0 aliphatic carbocycles. The van der Waals surface area contributed by atoms with Gasteiger partial charge in [0, 0.05) is 29.3 Å². The molecule has 7 heteroatoms. The highest BCUT2D eigenvalue weighted by molar-refractivity contribution is 7.99. The molecule has 0 bridgehead atoms. The Morgan fingerprint density at radius 1 is 1.12 bits per heavy atom. The number of anilines is 1. The molecule has 0 saturated heterocycles. The Hall–Kier alpha value is -2.38. The minimum absolute atomic E-state index is 0.0225. The predicted octanol–water partition coefficient (Wildman–Crippen LogP) is 2.92. The third-order valence-electron chi connectivity index (χ3n) is 3.64. The molecule has 0 atom stereocenters. The Balaban J connectivity index is 1.42. The van der Waals surface area contributed by atoms with Gasteiger partial charge in [0.25, 0.3) is 0 Å². The van der Waals surface area contributed by atoms with E-state index in [4.69, 9.17) is 19.9 Å². The topological polar surface area (TPSA) is 82.8 Å². The molecule has 0 fully saturated rings. The summed E-state index contributed by atoms with van der Waals surface area (Å²) >= 11 is 1.62. The summed E-state index contributed by atoms with van der Waals surface area (Å²) in [5, 5.41) is 2.88.